The SMILES string of the molecule is CCCOc1ccc(C2c3c(-c4cc(Cl)ccc4O)n[nH]c3C(=O)N2CCc2ccc(OC)cc2)cc1. The van der Waals surface area contributed by atoms with Crippen LogP contribution < -0.4 is 9.47 Å². The Labute approximate surface area is 220 Å². The molecule has 0 bridgehead atoms. The van der Waals surface area contributed by atoms with Crippen LogP contribution in [0.4, 0.5) is 0 Å². The Bertz CT molecular complexity index is 1400. The molecule has 8 heteroatoms. The van der Waals surface area contributed by atoms with Crippen LogP contribution in [0.1, 0.15) is 46.6 Å². The van der Waals surface area contributed by atoms with E-state index in [2.05, 4.69) is 17.1 Å². The van der Waals surface area contributed by atoms with E-state index < -0.39 is 6.04 Å². The number of aromatic nitrogens is 2. The zero-order valence-electron chi connectivity index (χ0n) is 20.7. The molecule has 2 heterocycles. The molecule has 0 fully saturated rings. The summed E-state index contributed by atoms with van der Waals surface area (Å²) in [5.74, 6) is 1.47. The number of nitrogens with zero attached hydrogens (tertiary/aromatic N) is 2. The van der Waals surface area contributed by atoms with Crippen LogP contribution in [0.2, 0.25) is 5.02 Å². The molecule has 1 aliphatic heterocycles. The summed E-state index contributed by atoms with van der Waals surface area (Å²) in [6.45, 7) is 3.19. The maximum absolute atomic E-state index is 13.6. The fourth-order valence-electron chi connectivity index (χ4n) is 4.69. The van der Waals surface area contributed by atoms with Gasteiger partial charge in [0.25, 0.3) is 5.91 Å². The van der Waals surface area contributed by atoms with Crippen LogP contribution >= 0.6 is 11.6 Å². The van der Waals surface area contributed by atoms with E-state index in [1.54, 1.807) is 19.2 Å². The highest BCUT2D eigenvalue weighted by Crippen LogP contribution is 2.45. The minimum atomic E-state index is -0.395. The van der Waals surface area contributed by atoms with Crippen molar-refractivity contribution in [3.8, 4) is 28.5 Å². The second kappa shape index (κ2) is 10.6. The van der Waals surface area contributed by atoms with Crippen molar-refractivity contribution in [2.75, 3.05) is 20.3 Å². The van der Waals surface area contributed by atoms with E-state index >= 15 is 0 Å². The Morgan fingerprint density at radius 3 is 2.49 bits per heavy atom. The molecule has 0 aliphatic carbocycles. The molecule has 1 atom stereocenters. The fourth-order valence-corrected chi connectivity index (χ4v) is 4.86. The minimum Gasteiger partial charge on any atom is -0.507 e. The molecule has 1 unspecified atom stereocenters. The van der Waals surface area contributed by atoms with Crippen molar-refractivity contribution in [3.05, 3.63) is 94.1 Å². The summed E-state index contributed by atoms with van der Waals surface area (Å²) in [7, 11) is 1.64. The van der Waals surface area contributed by atoms with Gasteiger partial charge in [0.05, 0.1) is 19.8 Å². The number of benzene rings is 3. The highest BCUT2D eigenvalue weighted by atomic mass is 35.5. The van der Waals surface area contributed by atoms with Gasteiger partial charge in [-0.25, -0.2) is 0 Å². The van der Waals surface area contributed by atoms with Gasteiger partial charge in [-0.2, -0.15) is 5.10 Å². The number of H-pyrrole nitrogens is 1. The molecule has 0 radical (unpaired) electrons. The van der Waals surface area contributed by atoms with Gasteiger partial charge in [0.2, 0.25) is 0 Å². The summed E-state index contributed by atoms with van der Waals surface area (Å²) in [4.78, 5) is 15.5. The van der Waals surface area contributed by atoms with E-state index in [9.17, 15) is 9.90 Å². The van der Waals surface area contributed by atoms with Gasteiger partial charge in [0.15, 0.2) is 0 Å². The standard InChI is InChI=1S/C29H28ClN3O4/c1-3-16-37-22-11-6-19(7-12-22)28-25-26(23-17-20(30)8-13-24(23)34)31-32-27(25)29(35)33(28)15-14-18-4-9-21(36-2)10-5-18/h4-13,17,28,34H,3,14-16H2,1-2H3,(H,31,32). The number of phenols is 1. The Morgan fingerprint density at radius 2 is 1.78 bits per heavy atom. The third-order valence-electron chi connectivity index (χ3n) is 6.55. The van der Waals surface area contributed by atoms with Gasteiger partial charge in [-0.1, -0.05) is 42.8 Å². The molecule has 5 rings (SSSR count). The molecule has 0 saturated heterocycles. The minimum absolute atomic E-state index is 0.0462. The number of hydrogen-bond acceptors (Lipinski definition) is 5. The number of methoxy groups -OCH3 is 1. The molecule has 1 amide bonds. The highest BCUT2D eigenvalue weighted by molar-refractivity contribution is 6.31. The lowest BCUT2D eigenvalue weighted by Crippen LogP contribution is -2.31. The average Bonchev–Trinajstić information content (AvgIpc) is 3.47. The molecular formula is C29H28ClN3O4. The Morgan fingerprint density at radius 1 is 1.05 bits per heavy atom. The molecule has 2 N–H and O–H groups in total. The number of hydrogen-bond donors (Lipinski definition) is 2. The number of fused-ring (bicyclic) bond motifs is 1. The lowest BCUT2D eigenvalue weighted by Gasteiger charge is -2.27. The first-order valence-corrected chi connectivity index (χ1v) is 12.6. The zero-order valence-corrected chi connectivity index (χ0v) is 21.5. The Hall–Kier alpha value is -3.97. The van der Waals surface area contributed by atoms with Crippen molar-refractivity contribution in [1.82, 2.24) is 15.1 Å². The maximum Gasteiger partial charge on any atom is 0.273 e. The zero-order chi connectivity index (χ0) is 25.9. The third-order valence-corrected chi connectivity index (χ3v) is 6.78. The number of carbonyl (C=O) groups excluding carboxylic acids is 1. The van der Waals surface area contributed by atoms with E-state index in [0.717, 1.165) is 34.6 Å². The van der Waals surface area contributed by atoms with Crippen LogP contribution in [0.5, 0.6) is 17.2 Å². The fraction of sp³-hybridized carbons (Fsp3) is 0.241. The summed E-state index contributed by atoms with van der Waals surface area (Å²) in [5.41, 5.74) is 4.14. The largest absolute Gasteiger partial charge is 0.507 e. The molecule has 0 saturated carbocycles. The van der Waals surface area contributed by atoms with Gasteiger partial charge in [0.1, 0.15) is 28.6 Å². The molecule has 0 spiro atoms. The summed E-state index contributed by atoms with van der Waals surface area (Å²) in [6.07, 6.45) is 1.59. The number of rotatable bonds is 9. The normalized spacial score (nSPS) is 14.6. The van der Waals surface area contributed by atoms with Crippen molar-refractivity contribution in [1.29, 1.82) is 0 Å². The molecular weight excluding hydrogens is 490 g/mol. The van der Waals surface area contributed by atoms with E-state index in [0.29, 0.717) is 41.5 Å². The predicted octanol–water partition coefficient (Wildman–Crippen LogP) is 6.02. The molecule has 1 aliphatic rings. The maximum atomic E-state index is 13.6. The van der Waals surface area contributed by atoms with Crippen molar-refractivity contribution in [2.24, 2.45) is 0 Å². The van der Waals surface area contributed by atoms with Crippen LogP contribution in [-0.4, -0.2) is 46.4 Å². The first kappa shape index (κ1) is 24.7. The lowest BCUT2D eigenvalue weighted by molar-refractivity contribution is 0.0746. The van der Waals surface area contributed by atoms with Crippen LogP contribution in [0.3, 0.4) is 0 Å². The second-order valence-electron chi connectivity index (χ2n) is 8.94. The predicted molar refractivity (Wildman–Crippen MR) is 143 cm³/mol. The summed E-state index contributed by atoms with van der Waals surface area (Å²) >= 11 is 6.24. The number of phenolic OH excluding ortho intramolecular Hbond substituents is 1. The van der Waals surface area contributed by atoms with Gasteiger partial charge in [-0.15, -0.1) is 0 Å². The average molecular weight is 518 g/mol. The summed E-state index contributed by atoms with van der Waals surface area (Å²) in [5, 5.41) is 18.4. The van der Waals surface area contributed by atoms with Crippen LogP contribution in [0, 0.1) is 0 Å². The van der Waals surface area contributed by atoms with Crippen molar-refractivity contribution in [3.63, 3.8) is 0 Å². The van der Waals surface area contributed by atoms with E-state index in [4.69, 9.17) is 21.1 Å². The number of amides is 1. The van der Waals surface area contributed by atoms with E-state index in [1.165, 1.54) is 6.07 Å². The molecule has 7 nitrogen and oxygen atoms in total. The number of ether oxygens (including phenoxy) is 2. The molecule has 37 heavy (non-hydrogen) atoms. The number of aromatic amines is 1. The number of nitrogens with one attached hydrogen (secondary N) is 1. The van der Waals surface area contributed by atoms with E-state index in [1.807, 2.05) is 53.4 Å². The third kappa shape index (κ3) is 4.87. The lowest BCUT2D eigenvalue weighted by atomic mass is 9.95. The Kier molecular flexibility index (Phi) is 7.06. The molecule has 3 aromatic carbocycles. The van der Waals surface area contributed by atoms with Gasteiger partial charge >= 0.3 is 0 Å². The number of halogens is 1. The number of aromatic hydroxyl groups is 1. The van der Waals surface area contributed by atoms with Gasteiger partial charge in [-0.05, 0) is 66.4 Å². The molecule has 190 valence electrons. The second-order valence-corrected chi connectivity index (χ2v) is 9.38. The molecule has 1 aromatic heterocycles. The quantitative estimate of drug-likeness (QED) is 0.283. The van der Waals surface area contributed by atoms with Crippen LogP contribution in [-0.2, 0) is 6.42 Å². The summed E-state index contributed by atoms with van der Waals surface area (Å²) in [6, 6.07) is 20.1. The van der Waals surface area contributed by atoms with Crippen molar-refractivity contribution >= 4 is 17.5 Å². The van der Waals surface area contributed by atoms with Crippen LogP contribution in [0.15, 0.2) is 66.7 Å². The van der Waals surface area contributed by atoms with Gasteiger partial charge < -0.3 is 19.5 Å². The van der Waals surface area contributed by atoms with Crippen LogP contribution in [0.25, 0.3) is 11.3 Å². The number of carbonyl (C=O) groups is 1. The summed E-state index contributed by atoms with van der Waals surface area (Å²) < 4.78 is 11.0. The van der Waals surface area contributed by atoms with E-state index in [-0.39, 0.29) is 11.7 Å². The van der Waals surface area contributed by atoms with Crippen molar-refractivity contribution < 1.29 is 19.4 Å². The monoisotopic (exact) mass is 517 g/mol. The highest BCUT2D eigenvalue weighted by Gasteiger charge is 2.42. The first-order valence-electron chi connectivity index (χ1n) is 12.2. The van der Waals surface area contributed by atoms with Gasteiger partial charge in [0, 0.05) is 22.7 Å². The van der Waals surface area contributed by atoms with Gasteiger partial charge in [-0.3, -0.25) is 9.89 Å². The van der Waals surface area contributed by atoms with Crippen molar-refractivity contribution in [2.45, 2.75) is 25.8 Å². The Balaban J connectivity index is 1.53. The molecule has 4 aromatic rings. The first-order chi connectivity index (χ1) is 18.0. The topological polar surface area (TPSA) is 87.7 Å². The smallest absolute Gasteiger partial charge is 0.273 e.